The van der Waals surface area contributed by atoms with Gasteiger partial charge in [0.1, 0.15) is 0 Å². The van der Waals surface area contributed by atoms with E-state index in [-0.39, 0.29) is 11.3 Å². The van der Waals surface area contributed by atoms with Crippen molar-refractivity contribution in [3.63, 3.8) is 0 Å². The number of nitrogens with one attached hydrogen (secondary N) is 1. The lowest BCUT2D eigenvalue weighted by atomic mass is 10.0. The summed E-state index contributed by atoms with van der Waals surface area (Å²) in [6.07, 6.45) is 1.62. The third-order valence-electron chi connectivity index (χ3n) is 2.44. The van der Waals surface area contributed by atoms with Gasteiger partial charge in [-0.15, -0.1) is 0 Å². The molecule has 78 valence electrons. The van der Waals surface area contributed by atoms with E-state index in [9.17, 15) is 8.42 Å². The molecule has 1 aliphatic rings. The van der Waals surface area contributed by atoms with Gasteiger partial charge in [-0.1, -0.05) is 0 Å². The zero-order valence-electron chi connectivity index (χ0n) is 8.04. The monoisotopic (exact) mass is 206 g/mol. The molecule has 0 bridgehead atoms. The summed E-state index contributed by atoms with van der Waals surface area (Å²) in [7, 11) is -2.78. The summed E-state index contributed by atoms with van der Waals surface area (Å²) in [6.45, 7) is 3.42. The van der Waals surface area contributed by atoms with Crippen molar-refractivity contribution in [3.05, 3.63) is 0 Å². The number of nitrogens with two attached hydrogens (primary N) is 1. The van der Waals surface area contributed by atoms with Gasteiger partial charge in [-0.05, 0) is 32.9 Å². The molecule has 1 rings (SSSR count). The average Bonchev–Trinajstić information content (AvgIpc) is 2.27. The quantitative estimate of drug-likeness (QED) is 0.608. The molecule has 13 heavy (non-hydrogen) atoms. The summed E-state index contributed by atoms with van der Waals surface area (Å²) < 4.78 is 22.4. The first-order valence-corrected chi connectivity index (χ1v) is 6.45. The van der Waals surface area contributed by atoms with Crippen LogP contribution in [-0.2, 0) is 9.84 Å². The highest BCUT2D eigenvalue weighted by atomic mass is 32.2. The predicted molar refractivity (Wildman–Crippen MR) is 53.3 cm³/mol. The molecule has 1 saturated heterocycles. The van der Waals surface area contributed by atoms with Gasteiger partial charge in [0, 0.05) is 5.54 Å². The van der Waals surface area contributed by atoms with Crippen molar-refractivity contribution in [2.75, 3.05) is 24.6 Å². The van der Waals surface area contributed by atoms with E-state index in [0.29, 0.717) is 12.3 Å². The van der Waals surface area contributed by atoms with E-state index in [1.54, 1.807) is 0 Å². The predicted octanol–water partition coefficient (Wildman–Crippen LogP) is -0.498. The number of rotatable bonds is 4. The number of hydrogen-bond acceptors (Lipinski definition) is 4. The fourth-order valence-corrected chi connectivity index (χ4v) is 3.77. The van der Waals surface area contributed by atoms with Crippen LogP contribution in [0.4, 0.5) is 0 Å². The normalized spacial score (nSPS) is 32.2. The second-order valence-electron chi connectivity index (χ2n) is 3.97. The first-order valence-electron chi connectivity index (χ1n) is 4.63. The zero-order chi connectivity index (χ0) is 9.95. The molecule has 3 N–H and O–H groups in total. The Kier molecular flexibility index (Phi) is 3.32. The molecule has 0 amide bonds. The summed E-state index contributed by atoms with van der Waals surface area (Å²) in [4.78, 5) is 0. The highest BCUT2D eigenvalue weighted by Crippen LogP contribution is 2.22. The fraction of sp³-hybridized carbons (Fsp3) is 1.00. The van der Waals surface area contributed by atoms with Gasteiger partial charge in [-0.2, -0.15) is 0 Å². The SMILES string of the molecule is CC1(NCCCN)CCS(=O)(=O)C1. The van der Waals surface area contributed by atoms with Crippen LogP contribution in [0.3, 0.4) is 0 Å². The highest BCUT2D eigenvalue weighted by Gasteiger charge is 2.37. The van der Waals surface area contributed by atoms with Crippen molar-refractivity contribution in [2.45, 2.75) is 25.3 Å². The van der Waals surface area contributed by atoms with Gasteiger partial charge in [0.05, 0.1) is 11.5 Å². The molecule has 1 aliphatic heterocycles. The lowest BCUT2D eigenvalue weighted by molar-refractivity contribution is 0.396. The van der Waals surface area contributed by atoms with Crippen LogP contribution in [0.2, 0.25) is 0 Å². The molecule has 1 heterocycles. The van der Waals surface area contributed by atoms with Crippen LogP contribution >= 0.6 is 0 Å². The van der Waals surface area contributed by atoms with E-state index in [1.165, 1.54) is 0 Å². The van der Waals surface area contributed by atoms with Crippen molar-refractivity contribution < 1.29 is 8.42 Å². The molecule has 1 atom stereocenters. The fourth-order valence-electron chi connectivity index (χ4n) is 1.64. The number of sulfone groups is 1. The summed E-state index contributed by atoms with van der Waals surface area (Å²) >= 11 is 0. The van der Waals surface area contributed by atoms with Crippen LogP contribution in [0.15, 0.2) is 0 Å². The molecule has 0 aromatic heterocycles. The standard InChI is InChI=1S/C8H18N2O2S/c1-8(10-5-2-4-9)3-6-13(11,12)7-8/h10H,2-7,9H2,1H3. The van der Waals surface area contributed by atoms with Crippen LogP contribution in [0.1, 0.15) is 19.8 Å². The Morgan fingerprint density at radius 3 is 2.69 bits per heavy atom. The van der Waals surface area contributed by atoms with Gasteiger partial charge < -0.3 is 11.1 Å². The maximum absolute atomic E-state index is 11.2. The van der Waals surface area contributed by atoms with Crippen LogP contribution in [0, 0.1) is 0 Å². The van der Waals surface area contributed by atoms with Crippen LogP contribution in [0.25, 0.3) is 0 Å². The largest absolute Gasteiger partial charge is 0.330 e. The summed E-state index contributed by atoms with van der Waals surface area (Å²) in [5.41, 5.74) is 5.14. The van der Waals surface area contributed by atoms with Gasteiger partial charge in [-0.3, -0.25) is 0 Å². The minimum atomic E-state index is -2.78. The van der Waals surface area contributed by atoms with E-state index in [2.05, 4.69) is 5.32 Å². The molecule has 0 aromatic rings. The van der Waals surface area contributed by atoms with Crippen LogP contribution < -0.4 is 11.1 Å². The maximum atomic E-state index is 11.2. The van der Waals surface area contributed by atoms with E-state index in [4.69, 9.17) is 5.73 Å². The molecule has 0 radical (unpaired) electrons. The van der Waals surface area contributed by atoms with Crippen molar-refractivity contribution in [1.82, 2.24) is 5.32 Å². The van der Waals surface area contributed by atoms with Crippen molar-refractivity contribution in [1.29, 1.82) is 0 Å². The van der Waals surface area contributed by atoms with Crippen molar-refractivity contribution in [3.8, 4) is 0 Å². The molecule has 4 nitrogen and oxygen atoms in total. The Morgan fingerprint density at radius 1 is 1.54 bits per heavy atom. The van der Waals surface area contributed by atoms with Gasteiger partial charge in [-0.25, -0.2) is 8.42 Å². The summed E-state index contributed by atoms with van der Waals surface area (Å²) in [5, 5.41) is 3.26. The zero-order valence-corrected chi connectivity index (χ0v) is 8.86. The topological polar surface area (TPSA) is 72.2 Å². The van der Waals surface area contributed by atoms with Gasteiger partial charge in [0.15, 0.2) is 9.84 Å². The lowest BCUT2D eigenvalue weighted by Crippen LogP contribution is -2.44. The second kappa shape index (κ2) is 3.94. The molecule has 0 spiro atoms. The molecular weight excluding hydrogens is 188 g/mol. The minimum absolute atomic E-state index is 0.214. The van der Waals surface area contributed by atoms with E-state index < -0.39 is 9.84 Å². The molecule has 1 fully saturated rings. The Morgan fingerprint density at radius 2 is 2.23 bits per heavy atom. The minimum Gasteiger partial charge on any atom is -0.330 e. The average molecular weight is 206 g/mol. The third kappa shape index (κ3) is 3.25. The van der Waals surface area contributed by atoms with Crippen LogP contribution in [0.5, 0.6) is 0 Å². The summed E-state index contributed by atoms with van der Waals surface area (Å²) in [6, 6.07) is 0. The van der Waals surface area contributed by atoms with E-state index >= 15 is 0 Å². The molecule has 1 unspecified atom stereocenters. The Hall–Kier alpha value is -0.130. The lowest BCUT2D eigenvalue weighted by Gasteiger charge is -2.23. The Bertz CT molecular complexity index is 263. The van der Waals surface area contributed by atoms with E-state index in [1.807, 2.05) is 6.92 Å². The van der Waals surface area contributed by atoms with Crippen molar-refractivity contribution in [2.24, 2.45) is 5.73 Å². The van der Waals surface area contributed by atoms with E-state index in [0.717, 1.165) is 19.4 Å². The van der Waals surface area contributed by atoms with Crippen LogP contribution in [-0.4, -0.2) is 38.6 Å². The maximum Gasteiger partial charge on any atom is 0.152 e. The first kappa shape index (κ1) is 10.9. The summed E-state index contributed by atoms with van der Waals surface area (Å²) in [5.74, 6) is 0.587. The van der Waals surface area contributed by atoms with Gasteiger partial charge in [0.25, 0.3) is 0 Å². The molecular formula is C8H18N2O2S. The molecule has 0 aliphatic carbocycles. The van der Waals surface area contributed by atoms with Crippen molar-refractivity contribution >= 4 is 9.84 Å². The Labute approximate surface area is 79.8 Å². The molecule has 0 aromatic carbocycles. The number of hydrogen-bond donors (Lipinski definition) is 2. The molecule has 0 saturated carbocycles. The molecule has 5 heteroatoms. The third-order valence-corrected chi connectivity index (χ3v) is 4.34. The van der Waals surface area contributed by atoms with Gasteiger partial charge in [0.2, 0.25) is 0 Å². The highest BCUT2D eigenvalue weighted by molar-refractivity contribution is 7.91. The smallest absolute Gasteiger partial charge is 0.152 e. The first-order chi connectivity index (χ1) is 5.97. The van der Waals surface area contributed by atoms with Gasteiger partial charge >= 0.3 is 0 Å². The Balaban J connectivity index is 2.41. The second-order valence-corrected chi connectivity index (χ2v) is 6.16.